The van der Waals surface area contributed by atoms with Crippen molar-refractivity contribution in [3.63, 3.8) is 0 Å². The monoisotopic (exact) mass is 167 g/mol. The van der Waals surface area contributed by atoms with Gasteiger partial charge in [0.05, 0.1) is 18.9 Å². The second-order valence-corrected chi connectivity index (χ2v) is 2.43. The third-order valence-corrected chi connectivity index (χ3v) is 1.59. The summed E-state index contributed by atoms with van der Waals surface area (Å²) in [6, 6.07) is 5.34. The van der Waals surface area contributed by atoms with Gasteiger partial charge in [0.2, 0.25) is 0 Å². The second kappa shape index (κ2) is 3.97. The van der Waals surface area contributed by atoms with Gasteiger partial charge in [0.1, 0.15) is 5.75 Å². The summed E-state index contributed by atoms with van der Waals surface area (Å²) in [6.07, 6.45) is 0. The molecule has 0 heterocycles. The van der Waals surface area contributed by atoms with Gasteiger partial charge >= 0.3 is 0 Å². The molecule has 0 spiro atoms. The van der Waals surface area contributed by atoms with Crippen molar-refractivity contribution in [1.29, 1.82) is 0 Å². The molecule has 0 unspecified atom stereocenters. The van der Waals surface area contributed by atoms with E-state index in [4.69, 9.17) is 15.6 Å². The minimum Gasteiger partial charge on any atom is -0.491 e. The highest BCUT2D eigenvalue weighted by Gasteiger charge is 2.04. The molecule has 0 fully saturated rings. The summed E-state index contributed by atoms with van der Waals surface area (Å²) in [5.41, 5.74) is 6.95. The van der Waals surface area contributed by atoms with E-state index in [2.05, 4.69) is 0 Å². The third-order valence-electron chi connectivity index (χ3n) is 1.59. The molecule has 1 rings (SSSR count). The summed E-state index contributed by atoms with van der Waals surface area (Å²) in [5, 5.41) is 8.93. The van der Waals surface area contributed by atoms with Gasteiger partial charge in [0, 0.05) is 5.56 Å². The molecule has 0 atom stereocenters. The fourth-order valence-electron chi connectivity index (χ4n) is 1.05. The van der Waals surface area contributed by atoms with Gasteiger partial charge < -0.3 is 15.6 Å². The number of nitrogen functional groups attached to an aromatic ring is 1. The van der Waals surface area contributed by atoms with Crippen molar-refractivity contribution in [2.24, 2.45) is 0 Å². The standard InChI is InChI=1S/C9H13NO2/c1-2-12-9-7(6-11)4-3-5-8(9)10/h3-5,11H,2,6,10H2,1H3. The summed E-state index contributed by atoms with van der Waals surface area (Å²) in [7, 11) is 0. The SMILES string of the molecule is CCOc1c(N)cccc1CO. The lowest BCUT2D eigenvalue weighted by Crippen LogP contribution is -2.00. The van der Waals surface area contributed by atoms with Crippen LogP contribution in [0.2, 0.25) is 0 Å². The van der Waals surface area contributed by atoms with Gasteiger partial charge in [0.15, 0.2) is 0 Å². The quantitative estimate of drug-likeness (QED) is 0.664. The molecule has 66 valence electrons. The first-order valence-corrected chi connectivity index (χ1v) is 3.90. The number of ether oxygens (including phenoxy) is 1. The summed E-state index contributed by atoms with van der Waals surface area (Å²) in [5.74, 6) is 0.600. The molecule has 0 saturated carbocycles. The van der Waals surface area contributed by atoms with Gasteiger partial charge in [-0.1, -0.05) is 12.1 Å². The molecule has 0 aliphatic heterocycles. The molecule has 0 aliphatic carbocycles. The van der Waals surface area contributed by atoms with E-state index < -0.39 is 0 Å². The van der Waals surface area contributed by atoms with Crippen LogP contribution in [0.1, 0.15) is 12.5 Å². The van der Waals surface area contributed by atoms with Crippen LogP contribution in [0.4, 0.5) is 5.69 Å². The molecule has 1 aromatic carbocycles. The van der Waals surface area contributed by atoms with Crippen LogP contribution in [0.3, 0.4) is 0 Å². The minimum atomic E-state index is -0.0413. The highest BCUT2D eigenvalue weighted by atomic mass is 16.5. The third kappa shape index (κ3) is 1.68. The van der Waals surface area contributed by atoms with E-state index in [1.54, 1.807) is 18.2 Å². The van der Waals surface area contributed by atoms with Crippen LogP contribution in [-0.2, 0) is 6.61 Å². The number of benzene rings is 1. The van der Waals surface area contributed by atoms with E-state index >= 15 is 0 Å². The lowest BCUT2D eigenvalue weighted by Gasteiger charge is -2.10. The van der Waals surface area contributed by atoms with Gasteiger partial charge in [-0.15, -0.1) is 0 Å². The van der Waals surface area contributed by atoms with Crippen molar-refractivity contribution in [2.75, 3.05) is 12.3 Å². The Kier molecular flexibility index (Phi) is 2.94. The van der Waals surface area contributed by atoms with Crippen molar-refractivity contribution < 1.29 is 9.84 Å². The minimum absolute atomic E-state index is 0.0413. The average molecular weight is 167 g/mol. The molecule has 0 saturated heterocycles. The van der Waals surface area contributed by atoms with Crippen molar-refractivity contribution in [1.82, 2.24) is 0 Å². The van der Waals surface area contributed by atoms with E-state index in [1.807, 2.05) is 6.92 Å². The predicted molar refractivity (Wildman–Crippen MR) is 47.9 cm³/mol. The van der Waals surface area contributed by atoms with Gasteiger partial charge in [0.25, 0.3) is 0 Å². The lowest BCUT2D eigenvalue weighted by molar-refractivity contribution is 0.267. The summed E-state index contributed by atoms with van der Waals surface area (Å²) < 4.78 is 5.27. The summed E-state index contributed by atoms with van der Waals surface area (Å²) >= 11 is 0. The Labute approximate surface area is 71.8 Å². The number of aliphatic hydroxyl groups is 1. The topological polar surface area (TPSA) is 55.5 Å². The Morgan fingerprint density at radius 1 is 1.50 bits per heavy atom. The van der Waals surface area contributed by atoms with Crippen molar-refractivity contribution in [3.8, 4) is 5.75 Å². The smallest absolute Gasteiger partial charge is 0.147 e. The maximum absolute atomic E-state index is 8.93. The molecule has 0 radical (unpaired) electrons. The molecular formula is C9H13NO2. The molecule has 0 aliphatic rings. The molecular weight excluding hydrogens is 154 g/mol. The first-order valence-electron chi connectivity index (χ1n) is 3.90. The number of hydrogen-bond donors (Lipinski definition) is 2. The number of hydrogen-bond acceptors (Lipinski definition) is 3. The lowest BCUT2D eigenvalue weighted by atomic mass is 10.2. The maximum Gasteiger partial charge on any atom is 0.147 e. The van der Waals surface area contributed by atoms with E-state index in [0.29, 0.717) is 18.0 Å². The van der Waals surface area contributed by atoms with Crippen molar-refractivity contribution >= 4 is 5.69 Å². The normalized spacial score (nSPS) is 9.83. The molecule has 0 aromatic heterocycles. The number of anilines is 1. The fraction of sp³-hybridized carbons (Fsp3) is 0.333. The van der Waals surface area contributed by atoms with Crippen LogP contribution in [0, 0.1) is 0 Å². The number of para-hydroxylation sites is 1. The van der Waals surface area contributed by atoms with Crippen LogP contribution in [0.15, 0.2) is 18.2 Å². The zero-order chi connectivity index (χ0) is 8.97. The summed E-state index contributed by atoms with van der Waals surface area (Å²) in [4.78, 5) is 0. The molecule has 0 bridgehead atoms. The molecule has 3 N–H and O–H groups in total. The first-order chi connectivity index (χ1) is 5.79. The Hall–Kier alpha value is -1.22. The van der Waals surface area contributed by atoms with E-state index in [0.717, 1.165) is 5.56 Å². The van der Waals surface area contributed by atoms with Crippen molar-refractivity contribution in [3.05, 3.63) is 23.8 Å². The van der Waals surface area contributed by atoms with E-state index in [9.17, 15) is 0 Å². The first kappa shape index (κ1) is 8.87. The van der Waals surface area contributed by atoms with Gasteiger partial charge in [-0.05, 0) is 13.0 Å². The molecule has 0 amide bonds. The Bertz CT molecular complexity index is 261. The fourth-order valence-corrected chi connectivity index (χ4v) is 1.05. The van der Waals surface area contributed by atoms with Crippen molar-refractivity contribution in [2.45, 2.75) is 13.5 Å². The van der Waals surface area contributed by atoms with Crippen LogP contribution in [0.5, 0.6) is 5.75 Å². The van der Waals surface area contributed by atoms with Crippen LogP contribution < -0.4 is 10.5 Å². The average Bonchev–Trinajstić information content (AvgIpc) is 2.09. The van der Waals surface area contributed by atoms with Gasteiger partial charge in [-0.2, -0.15) is 0 Å². The summed E-state index contributed by atoms with van der Waals surface area (Å²) in [6.45, 7) is 2.40. The van der Waals surface area contributed by atoms with Crippen LogP contribution in [0.25, 0.3) is 0 Å². The number of nitrogens with two attached hydrogens (primary N) is 1. The molecule has 3 heteroatoms. The zero-order valence-electron chi connectivity index (χ0n) is 7.08. The number of rotatable bonds is 3. The van der Waals surface area contributed by atoms with E-state index in [-0.39, 0.29) is 6.61 Å². The maximum atomic E-state index is 8.93. The highest BCUT2D eigenvalue weighted by molar-refractivity contribution is 5.56. The Morgan fingerprint density at radius 3 is 2.83 bits per heavy atom. The zero-order valence-corrected chi connectivity index (χ0v) is 7.08. The Balaban J connectivity index is 3.02. The van der Waals surface area contributed by atoms with Crippen LogP contribution >= 0.6 is 0 Å². The highest BCUT2D eigenvalue weighted by Crippen LogP contribution is 2.25. The predicted octanol–water partition coefficient (Wildman–Crippen LogP) is 1.16. The van der Waals surface area contributed by atoms with Gasteiger partial charge in [-0.25, -0.2) is 0 Å². The Morgan fingerprint density at radius 2 is 2.25 bits per heavy atom. The molecule has 3 nitrogen and oxygen atoms in total. The number of aliphatic hydroxyl groups excluding tert-OH is 1. The molecule has 1 aromatic rings. The van der Waals surface area contributed by atoms with Crippen LogP contribution in [-0.4, -0.2) is 11.7 Å². The molecule has 12 heavy (non-hydrogen) atoms. The van der Waals surface area contributed by atoms with Gasteiger partial charge in [-0.3, -0.25) is 0 Å². The van der Waals surface area contributed by atoms with E-state index in [1.165, 1.54) is 0 Å². The second-order valence-electron chi connectivity index (χ2n) is 2.43. The largest absolute Gasteiger partial charge is 0.491 e.